The topological polar surface area (TPSA) is 54.0 Å². The summed E-state index contributed by atoms with van der Waals surface area (Å²) in [5.41, 5.74) is 3.36. The van der Waals surface area contributed by atoms with Crippen molar-refractivity contribution in [3.05, 3.63) is 59.2 Å². The third-order valence-electron chi connectivity index (χ3n) is 4.35. The molecule has 0 N–H and O–H groups in total. The van der Waals surface area contributed by atoms with Crippen LogP contribution in [0.1, 0.15) is 49.8 Å². The predicted octanol–water partition coefficient (Wildman–Crippen LogP) is 4.87. The van der Waals surface area contributed by atoms with Gasteiger partial charge in [-0.2, -0.15) is 0 Å². The fraction of sp³-hybridized carbons (Fsp3) is 0.435. The quantitative estimate of drug-likeness (QED) is 0.407. The summed E-state index contributed by atoms with van der Waals surface area (Å²) < 4.78 is 21.7. The molecule has 0 aliphatic carbocycles. The van der Waals surface area contributed by atoms with E-state index in [0.717, 1.165) is 11.1 Å². The Hall–Kier alpha value is -2.53. The second-order valence-corrected chi connectivity index (χ2v) is 6.77. The van der Waals surface area contributed by atoms with E-state index in [-0.39, 0.29) is 12.8 Å². The first-order valence-electron chi connectivity index (χ1n) is 9.66. The molecule has 0 aromatic heterocycles. The first-order valence-corrected chi connectivity index (χ1v) is 9.66. The van der Waals surface area contributed by atoms with Gasteiger partial charge >= 0.3 is 5.97 Å². The van der Waals surface area contributed by atoms with Gasteiger partial charge in [-0.1, -0.05) is 44.2 Å². The van der Waals surface area contributed by atoms with Crippen LogP contribution in [0.15, 0.2) is 42.5 Å². The van der Waals surface area contributed by atoms with Crippen LogP contribution in [0.3, 0.4) is 0 Å². The van der Waals surface area contributed by atoms with Gasteiger partial charge in [-0.3, -0.25) is 4.79 Å². The molecular formula is C23H30O5. The molecule has 0 radical (unpaired) electrons. The number of benzene rings is 2. The van der Waals surface area contributed by atoms with E-state index in [1.54, 1.807) is 14.0 Å². The zero-order chi connectivity index (χ0) is 20.4. The first-order chi connectivity index (χ1) is 13.5. The molecule has 5 nitrogen and oxygen atoms in total. The highest BCUT2D eigenvalue weighted by molar-refractivity contribution is 5.69. The highest BCUT2D eigenvalue weighted by Crippen LogP contribution is 2.28. The number of aryl methyl sites for hydroxylation is 1. The summed E-state index contributed by atoms with van der Waals surface area (Å²) in [7, 11) is 1.58. The fourth-order valence-electron chi connectivity index (χ4n) is 2.95. The molecule has 0 atom stereocenters. The van der Waals surface area contributed by atoms with Crippen LogP contribution < -0.4 is 9.47 Å². The number of hydrogen-bond donors (Lipinski definition) is 0. The lowest BCUT2D eigenvalue weighted by Crippen LogP contribution is -2.07. The van der Waals surface area contributed by atoms with Crippen molar-refractivity contribution in [3.8, 4) is 11.5 Å². The standard InChI is InChI=1S/C23H30O5/c1-5-26-23(24)13-11-18-10-12-20(28-16-25-4)14-22(18)27-15-19-8-6-7-9-21(19)17(2)3/h6-10,12,14,17H,5,11,13,15-16H2,1-4H3. The van der Waals surface area contributed by atoms with Gasteiger partial charge in [0.05, 0.1) is 6.61 Å². The molecule has 0 aliphatic rings. The van der Waals surface area contributed by atoms with Gasteiger partial charge in [0, 0.05) is 19.6 Å². The molecule has 5 heteroatoms. The molecule has 0 heterocycles. The van der Waals surface area contributed by atoms with Crippen LogP contribution in [-0.2, 0) is 27.3 Å². The van der Waals surface area contributed by atoms with E-state index >= 15 is 0 Å². The Morgan fingerprint density at radius 2 is 1.82 bits per heavy atom. The van der Waals surface area contributed by atoms with Crippen LogP contribution in [0, 0.1) is 0 Å². The Balaban J connectivity index is 2.17. The number of hydrogen-bond acceptors (Lipinski definition) is 5. The first kappa shape index (κ1) is 21.8. The Morgan fingerprint density at radius 3 is 2.54 bits per heavy atom. The summed E-state index contributed by atoms with van der Waals surface area (Å²) >= 11 is 0. The highest BCUT2D eigenvalue weighted by atomic mass is 16.7. The molecule has 2 rings (SSSR count). The van der Waals surface area contributed by atoms with E-state index in [4.69, 9.17) is 18.9 Å². The average molecular weight is 386 g/mol. The summed E-state index contributed by atoms with van der Waals surface area (Å²) in [6, 6.07) is 13.9. The summed E-state index contributed by atoms with van der Waals surface area (Å²) in [6.45, 7) is 7.15. The van der Waals surface area contributed by atoms with Gasteiger partial charge in [-0.05, 0) is 42.0 Å². The maximum Gasteiger partial charge on any atom is 0.306 e. The van der Waals surface area contributed by atoms with Gasteiger partial charge in [0.25, 0.3) is 0 Å². The van der Waals surface area contributed by atoms with Crippen LogP contribution in [0.25, 0.3) is 0 Å². The lowest BCUT2D eigenvalue weighted by Gasteiger charge is -2.16. The van der Waals surface area contributed by atoms with Crippen molar-refractivity contribution in [1.29, 1.82) is 0 Å². The zero-order valence-corrected chi connectivity index (χ0v) is 17.2. The summed E-state index contributed by atoms with van der Waals surface area (Å²) in [6.07, 6.45) is 0.857. The largest absolute Gasteiger partial charge is 0.488 e. The minimum atomic E-state index is -0.210. The Bertz CT molecular complexity index is 754. The van der Waals surface area contributed by atoms with Crippen molar-refractivity contribution in [3.63, 3.8) is 0 Å². The fourth-order valence-corrected chi connectivity index (χ4v) is 2.95. The SMILES string of the molecule is CCOC(=O)CCc1ccc(OCOC)cc1OCc1ccccc1C(C)C. The maximum atomic E-state index is 11.7. The van der Waals surface area contributed by atoms with Crippen LogP contribution in [-0.4, -0.2) is 26.5 Å². The molecule has 0 bridgehead atoms. The van der Waals surface area contributed by atoms with Gasteiger partial charge in [-0.25, -0.2) is 0 Å². The molecule has 0 saturated carbocycles. The second kappa shape index (κ2) is 11.3. The molecule has 0 aliphatic heterocycles. The third-order valence-corrected chi connectivity index (χ3v) is 4.35. The van der Waals surface area contributed by atoms with Crippen molar-refractivity contribution in [2.75, 3.05) is 20.5 Å². The van der Waals surface area contributed by atoms with Gasteiger partial charge in [-0.15, -0.1) is 0 Å². The summed E-state index contributed by atoms with van der Waals surface area (Å²) in [5.74, 6) is 1.57. The zero-order valence-electron chi connectivity index (χ0n) is 17.2. The lowest BCUT2D eigenvalue weighted by molar-refractivity contribution is -0.143. The molecule has 0 unspecified atom stereocenters. The van der Waals surface area contributed by atoms with E-state index in [1.165, 1.54) is 5.56 Å². The molecule has 2 aromatic carbocycles. The number of ether oxygens (including phenoxy) is 4. The molecule has 152 valence electrons. The maximum absolute atomic E-state index is 11.7. The van der Waals surface area contributed by atoms with Gasteiger partial charge in [0.2, 0.25) is 0 Å². The molecule has 0 saturated heterocycles. The smallest absolute Gasteiger partial charge is 0.306 e. The molecule has 0 spiro atoms. The summed E-state index contributed by atoms with van der Waals surface area (Å²) in [5, 5.41) is 0. The minimum Gasteiger partial charge on any atom is -0.488 e. The number of carbonyl (C=O) groups is 1. The van der Waals surface area contributed by atoms with Crippen LogP contribution in [0.4, 0.5) is 0 Å². The van der Waals surface area contributed by atoms with Gasteiger partial charge < -0.3 is 18.9 Å². The molecule has 0 amide bonds. The van der Waals surface area contributed by atoms with E-state index in [1.807, 2.05) is 30.3 Å². The lowest BCUT2D eigenvalue weighted by atomic mass is 9.98. The Morgan fingerprint density at radius 1 is 1.04 bits per heavy atom. The van der Waals surface area contributed by atoms with Crippen molar-refractivity contribution in [2.24, 2.45) is 0 Å². The van der Waals surface area contributed by atoms with Crippen molar-refractivity contribution >= 4 is 5.97 Å². The summed E-state index contributed by atoms with van der Waals surface area (Å²) in [4.78, 5) is 11.7. The normalized spacial score (nSPS) is 10.8. The van der Waals surface area contributed by atoms with Crippen molar-refractivity contribution < 1.29 is 23.7 Å². The number of esters is 1. The van der Waals surface area contributed by atoms with Crippen LogP contribution in [0.5, 0.6) is 11.5 Å². The Labute approximate surface area is 167 Å². The highest BCUT2D eigenvalue weighted by Gasteiger charge is 2.12. The van der Waals surface area contributed by atoms with E-state index in [0.29, 0.717) is 43.5 Å². The van der Waals surface area contributed by atoms with Crippen LogP contribution >= 0.6 is 0 Å². The van der Waals surface area contributed by atoms with E-state index < -0.39 is 0 Å². The second-order valence-electron chi connectivity index (χ2n) is 6.77. The van der Waals surface area contributed by atoms with Crippen molar-refractivity contribution in [1.82, 2.24) is 0 Å². The monoisotopic (exact) mass is 386 g/mol. The molecule has 0 fully saturated rings. The Kier molecular flexibility index (Phi) is 8.82. The number of rotatable bonds is 11. The average Bonchev–Trinajstić information content (AvgIpc) is 2.70. The predicted molar refractivity (Wildman–Crippen MR) is 109 cm³/mol. The number of methoxy groups -OCH3 is 1. The van der Waals surface area contributed by atoms with Gasteiger partial charge in [0.15, 0.2) is 6.79 Å². The molecule has 28 heavy (non-hydrogen) atoms. The molecule has 2 aromatic rings. The molecular weight excluding hydrogens is 356 g/mol. The van der Waals surface area contributed by atoms with Crippen molar-refractivity contribution in [2.45, 2.75) is 46.1 Å². The van der Waals surface area contributed by atoms with E-state index in [2.05, 4.69) is 26.0 Å². The number of carbonyl (C=O) groups excluding carboxylic acids is 1. The van der Waals surface area contributed by atoms with Crippen LogP contribution in [0.2, 0.25) is 0 Å². The van der Waals surface area contributed by atoms with E-state index in [9.17, 15) is 4.79 Å². The van der Waals surface area contributed by atoms with Gasteiger partial charge in [0.1, 0.15) is 18.1 Å². The minimum absolute atomic E-state index is 0.164. The third kappa shape index (κ3) is 6.57.